The van der Waals surface area contributed by atoms with Crippen LogP contribution in [0.1, 0.15) is 44.9 Å². The lowest BCUT2D eigenvalue weighted by molar-refractivity contribution is -0.0918. The van der Waals surface area contributed by atoms with E-state index >= 15 is 0 Å². The Bertz CT molecular complexity index is 180. The summed E-state index contributed by atoms with van der Waals surface area (Å²) in [6.45, 7) is 1.67. The smallest absolute Gasteiger partial charge is 0.0813 e. The van der Waals surface area contributed by atoms with Gasteiger partial charge in [-0.25, -0.2) is 0 Å². The molecule has 2 aliphatic rings. The maximum absolute atomic E-state index is 6.13. The van der Waals surface area contributed by atoms with Gasteiger partial charge in [0.25, 0.3) is 0 Å². The van der Waals surface area contributed by atoms with Crippen molar-refractivity contribution in [3.8, 4) is 0 Å². The Morgan fingerprint density at radius 1 is 1.00 bits per heavy atom. The normalized spacial score (nSPS) is 38.6. The highest BCUT2D eigenvalue weighted by Gasteiger charge is 2.25. The number of rotatable bonds is 2. The molecule has 2 fully saturated rings. The van der Waals surface area contributed by atoms with Crippen molar-refractivity contribution in [1.29, 1.82) is 0 Å². The third-order valence-electron chi connectivity index (χ3n) is 3.49. The molecule has 0 amide bonds. The molecule has 15 heavy (non-hydrogen) atoms. The fourth-order valence-corrected chi connectivity index (χ4v) is 2.54. The molecular formula is C12H23NO2. The molecule has 1 aliphatic carbocycles. The third kappa shape index (κ3) is 3.44. The van der Waals surface area contributed by atoms with Gasteiger partial charge in [-0.1, -0.05) is 19.3 Å². The van der Waals surface area contributed by atoms with Crippen molar-refractivity contribution in [2.45, 2.75) is 63.2 Å². The van der Waals surface area contributed by atoms with Crippen molar-refractivity contribution in [2.24, 2.45) is 5.73 Å². The quantitative estimate of drug-likeness (QED) is 0.712. The predicted molar refractivity (Wildman–Crippen MR) is 59.8 cm³/mol. The first-order chi connectivity index (χ1) is 7.36. The minimum absolute atomic E-state index is 0.245. The summed E-state index contributed by atoms with van der Waals surface area (Å²) in [6.07, 6.45) is 8.96. The van der Waals surface area contributed by atoms with Gasteiger partial charge < -0.3 is 15.2 Å². The summed E-state index contributed by atoms with van der Waals surface area (Å²) in [5, 5.41) is 0. The molecule has 1 heterocycles. The van der Waals surface area contributed by atoms with Gasteiger partial charge in [0.2, 0.25) is 0 Å². The molecule has 2 N–H and O–H groups in total. The second kappa shape index (κ2) is 5.83. The molecular weight excluding hydrogens is 190 g/mol. The number of nitrogens with two attached hydrogens (primary N) is 1. The highest BCUT2D eigenvalue weighted by molar-refractivity contribution is 4.79. The Hall–Kier alpha value is -0.120. The molecule has 1 aliphatic heterocycles. The summed E-state index contributed by atoms with van der Waals surface area (Å²) in [5.41, 5.74) is 6.13. The van der Waals surface area contributed by atoms with Crippen LogP contribution in [0.25, 0.3) is 0 Å². The zero-order valence-electron chi connectivity index (χ0n) is 9.49. The van der Waals surface area contributed by atoms with Crippen LogP contribution in [-0.2, 0) is 9.47 Å². The number of ether oxygens (including phenoxy) is 2. The molecule has 0 bridgehead atoms. The standard InChI is InChI=1S/C12H23NO2/c13-11-6-2-1-3-7-12(11)15-10-5-4-8-14-9-10/h10-12H,1-9,13H2. The van der Waals surface area contributed by atoms with Crippen LogP contribution >= 0.6 is 0 Å². The molecule has 3 nitrogen and oxygen atoms in total. The van der Waals surface area contributed by atoms with E-state index in [1.54, 1.807) is 0 Å². The lowest BCUT2D eigenvalue weighted by Crippen LogP contribution is -2.40. The van der Waals surface area contributed by atoms with Gasteiger partial charge in [0.05, 0.1) is 18.8 Å². The van der Waals surface area contributed by atoms with Gasteiger partial charge in [-0.3, -0.25) is 0 Å². The van der Waals surface area contributed by atoms with Gasteiger partial charge in [-0.05, 0) is 25.7 Å². The van der Waals surface area contributed by atoms with Crippen LogP contribution < -0.4 is 5.73 Å². The molecule has 0 spiro atoms. The topological polar surface area (TPSA) is 44.5 Å². The monoisotopic (exact) mass is 213 g/mol. The lowest BCUT2D eigenvalue weighted by atomic mass is 10.1. The van der Waals surface area contributed by atoms with E-state index < -0.39 is 0 Å². The minimum Gasteiger partial charge on any atom is -0.379 e. The average Bonchev–Trinajstić information content (AvgIpc) is 2.46. The van der Waals surface area contributed by atoms with Crippen LogP contribution in [0.4, 0.5) is 0 Å². The van der Waals surface area contributed by atoms with E-state index in [9.17, 15) is 0 Å². The molecule has 0 aromatic heterocycles. The van der Waals surface area contributed by atoms with E-state index in [1.807, 2.05) is 0 Å². The van der Waals surface area contributed by atoms with Crippen LogP contribution in [0.2, 0.25) is 0 Å². The van der Waals surface area contributed by atoms with Crippen LogP contribution in [-0.4, -0.2) is 31.5 Å². The predicted octanol–water partition coefficient (Wildman–Crippen LogP) is 1.84. The maximum atomic E-state index is 6.13. The SMILES string of the molecule is NC1CCCCCC1OC1CCCOC1. The molecule has 1 saturated heterocycles. The van der Waals surface area contributed by atoms with Gasteiger partial charge >= 0.3 is 0 Å². The van der Waals surface area contributed by atoms with E-state index in [0.29, 0.717) is 6.10 Å². The molecule has 0 aromatic carbocycles. The third-order valence-corrected chi connectivity index (χ3v) is 3.49. The highest BCUT2D eigenvalue weighted by Crippen LogP contribution is 2.22. The molecule has 3 unspecified atom stereocenters. The Morgan fingerprint density at radius 3 is 2.67 bits per heavy atom. The van der Waals surface area contributed by atoms with Gasteiger partial charge in [0.15, 0.2) is 0 Å². The van der Waals surface area contributed by atoms with Crippen molar-refractivity contribution < 1.29 is 9.47 Å². The molecule has 88 valence electrons. The average molecular weight is 213 g/mol. The van der Waals surface area contributed by atoms with Gasteiger partial charge in [0, 0.05) is 12.6 Å². The summed E-state index contributed by atoms with van der Waals surface area (Å²) >= 11 is 0. The summed E-state index contributed by atoms with van der Waals surface area (Å²) in [4.78, 5) is 0. The lowest BCUT2D eigenvalue weighted by Gasteiger charge is -2.29. The molecule has 2 rings (SSSR count). The Labute approximate surface area is 92.3 Å². The summed E-state index contributed by atoms with van der Waals surface area (Å²) in [6, 6.07) is 0.245. The number of hydrogen-bond donors (Lipinski definition) is 1. The van der Waals surface area contributed by atoms with Crippen LogP contribution in [0.5, 0.6) is 0 Å². The van der Waals surface area contributed by atoms with Crippen molar-refractivity contribution in [1.82, 2.24) is 0 Å². The maximum Gasteiger partial charge on any atom is 0.0813 e. The van der Waals surface area contributed by atoms with Crippen molar-refractivity contribution in [3.63, 3.8) is 0 Å². The van der Waals surface area contributed by atoms with E-state index in [-0.39, 0.29) is 12.1 Å². The molecule has 1 saturated carbocycles. The fourth-order valence-electron chi connectivity index (χ4n) is 2.54. The second-order valence-electron chi connectivity index (χ2n) is 4.82. The largest absolute Gasteiger partial charge is 0.379 e. The highest BCUT2D eigenvalue weighted by atomic mass is 16.5. The van der Waals surface area contributed by atoms with Crippen LogP contribution in [0.15, 0.2) is 0 Å². The van der Waals surface area contributed by atoms with Crippen LogP contribution in [0.3, 0.4) is 0 Å². The van der Waals surface area contributed by atoms with Gasteiger partial charge in [0.1, 0.15) is 0 Å². The van der Waals surface area contributed by atoms with Crippen molar-refractivity contribution in [3.05, 3.63) is 0 Å². The second-order valence-corrected chi connectivity index (χ2v) is 4.82. The summed E-state index contributed by atoms with van der Waals surface area (Å²) < 4.78 is 11.5. The van der Waals surface area contributed by atoms with Gasteiger partial charge in [-0.15, -0.1) is 0 Å². The van der Waals surface area contributed by atoms with Gasteiger partial charge in [-0.2, -0.15) is 0 Å². The molecule has 0 aromatic rings. The molecule has 0 radical (unpaired) electrons. The van der Waals surface area contributed by atoms with E-state index in [2.05, 4.69) is 0 Å². The summed E-state index contributed by atoms with van der Waals surface area (Å²) in [7, 11) is 0. The van der Waals surface area contributed by atoms with Crippen molar-refractivity contribution in [2.75, 3.05) is 13.2 Å². The molecule has 3 atom stereocenters. The Kier molecular flexibility index (Phi) is 4.42. The summed E-state index contributed by atoms with van der Waals surface area (Å²) in [5.74, 6) is 0. The fraction of sp³-hybridized carbons (Fsp3) is 1.00. The van der Waals surface area contributed by atoms with Crippen molar-refractivity contribution >= 4 is 0 Å². The first-order valence-electron chi connectivity index (χ1n) is 6.35. The minimum atomic E-state index is 0.245. The van der Waals surface area contributed by atoms with E-state index in [4.69, 9.17) is 15.2 Å². The van der Waals surface area contributed by atoms with Crippen LogP contribution in [0, 0.1) is 0 Å². The molecule has 3 heteroatoms. The zero-order chi connectivity index (χ0) is 10.5. The van der Waals surface area contributed by atoms with E-state index in [1.165, 1.54) is 19.3 Å². The zero-order valence-corrected chi connectivity index (χ0v) is 9.49. The Morgan fingerprint density at radius 2 is 1.87 bits per heavy atom. The first kappa shape index (κ1) is 11.4. The Balaban J connectivity index is 1.79. The first-order valence-corrected chi connectivity index (χ1v) is 6.35. The van der Waals surface area contributed by atoms with E-state index in [0.717, 1.165) is 38.9 Å². The number of hydrogen-bond acceptors (Lipinski definition) is 3.